The van der Waals surface area contributed by atoms with Gasteiger partial charge >= 0.3 is 0 Å². The molecule has 0 aliphatic heterocycles. The normalized spacial score (nSPS) is 11.5. The van der Waals surface area contributed by atoms with Crippen molar-refractivity contribution in [2.75, 3.05) is 7.11 Å². The smallest absolute Gasteiger partial charge is 0.126 e. The number of benzene rings is 1. The predicted octanol–water partition coefficient (Wildman–Crippen LogP) is 3.26. The standard InChI is InChI=1S/C11H13FO/c1-4-8(2)10-7-9(12)5-6-11(10)13-3/h4-7H,1-3H3/b8-4+. The van der Waals surface area contributed by atoms with Crippen molar-refractivity contribution in [3.8, 4) is 5.75 Å². The first kappa shape index (κ1) is 9.78. The molecule has 0 fully saturated rings. The molecule has 0 heterocycles. The van der Waals surface area contributed by atoms with Crippen molar-refractivity contribution < 1.29 is 9.13 Å². The predicted molar refractivity (Wildman–Crippen MR) is 52.3 cm³/mol. The molecular formula is C11H13FO. The van der Waals surface area contributed by atoms with E-state index in [-0.39, 0.29) is 5.82 Å². The number of hydrogen-bond donors (Lipinski definition) is 0. The third kappa shape index (κ3) is 2.08. The zero-order valence-corrected chi connectivity index (χ0v) is 8.10. The van der Waals surface area contributed by atoms with E-state index in [1.807, 2.05) is 19.9 Å². The first-order valence-electron chi connectivity index (χ1n) is 4.16. The van der Waals surface area contributed by atoms with Crippen LogP contribution in [0.2, 0.25) is 0 Å². The molecule has 70 valence electrons. The van der Waals surface area contributed by atoms with Crippen LogP contribution in [0.4, 0.5) is 4.39 Å². The molecule has 0 radical (unpaired) electrons. The van der Waals surface area contributed by atoms with Crippen LogP contribution < -0.4 is 4.74 Å². The third-order valence-corrected chi connectivity index (χ3v) is 2.02. The molecule has 0 aromatic heterocycles. The van der Waals surface area contributed by atoms with Crippen LogP contribution in [0, 0.1) is 5.82 Å². The van der Waals surface area contributed by atoms with Crippen molar-refractivity contribution >= 4 is 5.57 Å². The summed E-state index contributed by atoms with van der Waals surface area (Å²) in [5, 5.41) is 0. The van der Waals surface area contributed by atoms with Gasteiger partial charge in [0.15, 0.2) is 0 Å². The fraction of sp³-hybridized carbons (Fsp3) is 0.273. The molecule has 0 aliphatic carbocycles. The maximum absolute atomic E-state index is 12.9. The van der Waals surface area contributed by atoms with E-state index in [0.29, 0.717) is 5.75 Å². The van der Waals surface area contributed by atoms with Crippen LogP contribution in [0.15, 0.2) is 24.3 Å². The van der Waals surface area contributed by atoms with Crippen LogP contribution in [-0.4, -0.2) is 7.11 Å². The van der Waals surface area contributed by atoms with E-state index in [9.17, 15) is 4.39 Å². The molecule has 0 aliphatic rings. The second kappa shape index (κ2) is 4.08. The number of methoxy groups -OCH3 is 1. The van der Waals surface area contributed by atoms with Crippen molar-refractivity contribution in [2.45, 2.75) is 13.8 Å². The van der Waals surface area contributed by atoms with Gasteiger partial charge in [-0.2, -0.15) is 0 Å². The second-order valence-electron chi connectivity index (χ2n) is 2.82. The topological polar surface area (TPSA) is 9.23 Å². The van der Waals surface area contributed by atoms with E-state index in [2.05, 4.69) is 0 Å². The Balaban J connectivity index is 3.23. The quantitative estimate of drug-likeness (QED) is 0.678. The molecule has 0 amide bonds. The van der Waals surface area contributed by atoms with E-state index in [0.717, 1.165) is 11.1 Å². The van der Waals surface area contributed by atoms with Gasteiger partial charge in [-0.1, -0.05) is 6.08 Å². The summed E-state index contributed by atoms with van der Waals surface area (Å²) in [6, 6.07) is 4.51. The summed E-state index contributed by atoms with van der Waals surface area (Å²) in [5.41, 5.74) is 1.82. The summed E-state index contributed by atoms with van der Waals surface area (Å²) < 4.78 is 18.0. The van der Waals surface area contributed by atoms with Gasteiger partial charge in [0.2, 0.25) is 0 Å². The molecule has 1 aromatic carbocycles. The Bertz CT molecular complexity index is 329. The summed E-state index contributed by atoms with van der Waals surface area (Å²) in [6.45, 7) is 3.84. The summed E-state index contributed by atoms with van der Waals surface area (Å²) in [5.74, 6) is 0.467. The van der Waals surface area contributed by atoms with Crippen LogP contribution >= 0.6 is 0 Å². The van der Waals surface area contributed by atoms with Crippen LogP contribution in [-0.2, 0) is 0 Å². The monoisotopic (exact) mass is 180 g/mol. The van der Waals surface area contributed by atoms with E-state index in [4.69, 9.17) is 4.74 Å². The van der Waals surface area contributed by atoms with Crippen molar-refractivity contribution in [1.82, 2.24) is 0 Å². The number of allylic oxidation sites excluding steroid dienone is 2. The highest BCUT2D eigenvalue weighted by Crippen LogP contribution is 2.26. The third-order valence-electron chi connectivity index (χ3n) is 2.02. The molecule has 0 unspecified atom stereocenters. The van der Waals surface area contributed by atoms with E-state index < -0.39 is 0 Å². The second-order valence-corrected chi connectivity index (χ2v) is 2.82. The van der Waals surface area contributed by atoms with Gasteiger partial charge in [0.25, 0.3) is 0 Å². The molecule has 2 heteroatoms. The number of hydrogen-bond acceptors (Lipinski definition) is 1. The number of rotatable bonds is 2. The zero-order valence-electron chi connectivity index (χ0n) is 8.10. The van der Waals surface area contributed by atoms with Gasteiger partial charge in [-0.3, -0.25) is 0 Å². The van der Waals surface area contributed by atoms with E-state index in [1.165, 1.54) is 12.1 Å². The van der Waals surface area contributed by atoms with Crippen molar-refractivity contribution in [2.24, 2.45) is 0 Å². The summed E-state index contributed by atoms with van der Waals surface area (Å²) in [4.78, 5) is 0. The van der Waals surface area contributed by atoms with Crippen molar-refractivity contribution in [3.63, 3.8) is 0 Å². The molecule has 13 heavy (non-hydrogen) atoms. The number of ether oxygens (including phenoxy) is 1. The van der Waals surface area contributed by atoms with Crippen LogP contribution in [0.25, 0.3) is 5.57 Å². The van der Waals surface area contributed by atoms with Crippen LogP contribution in [0.1, 0.15) is 19.4 Å². The van der Waals surface area contributed by atoms with Gasteiger partial charge < -0.3 is 4.74 Å². The average Bonchev–Trinajstić information content (AvgIpc) is 2.16. The van der Waals surface area contributed by atoms with Gasteiger partial charge in [-0.25, -0.2) is 4.39 Å². The molecule has 0 saturated carbocycles. The first-order valence-corrected chi connectivity index (χ1v) is 4.16. The minimum atomic E-state index is -0.239. The van der Waals surface area contributed by atoms with Crippen molar-refractivity contribution in [1.29, 1.82) is 0 Å². The maximum atomic E-state index is 12.9. The Kier molecular flexibility index (Phi) is 3.07. The molecule has 1 rings (SSSR count). The van der Waals surface area contributed by atoms with E-state index >= 15 is 0 Å². The SMILES string of the molecule is C/C=C(\C)c1cc(F)ccc1OC. The summed E-state index contributed by atoms with van der Waals surface area (Å²) in [7, 11) is 1.58. The molecule has 1 aromatic rings. The highest BCUT2D eigenvalue weighted by molar-refractivity contribution is 5.68. The summed E-state index contributed by atoms with van der Waals surface area (Å²) >= 11 is 0. The molecule has 0 saturated heterocycles. The van der Waals surface area contributed by atoms with Gasteiger partial charge in [-0.05, 0) is 37.6 Å². The Labute approximate surface area is 77.8 Å². The van der Waals surface area contributed by atoms with Gasteiger partial charge in [0.05, 0.1) is 7.11 Å². The molecule has 0 N–H and O–H groups in total. The first-order chi connectivity index (χ1) is 6.19. The fourth-order valence-electron chi connectivity index (χ4n) is 1.14. The van der Waals surface area contributed by atoms with Crippen LogP contribution in [0.3, 0.4) is 0 Å². The Morgan fingerprint density at radius 1 is 1.46 bits per heavy atom. The molecule has 0 spiro atoms. The zero-order chi connectivity index (χ0) is 9.84. The van der Waals surface area contributed by atoms with Crippen molar-refractivity contribution in [3.05, 3.63) is 35.7 Å². The number of halogens is 1. The lowest BCUT2D eigenvalue weighted by Crippen LogP contribution is -1.90. The maximum Gasteiger partial charge on any atom is 0.126 e. The highest BCUT2D eigenvalue weighted by Gasteiger charge is 2.04. The Morgan fingerprint density at radius 3 is 2.69 bits per heavy atom. The molecule has 1 nitrogen and oxygen atoms in total. The van der Waals surface area contributed by atoms with Gasteiger partial charge in [0.1, 0.15) is 11.6 Å². The average molecular weight is 180 g/mol. The Hall–Kier alpha value is -1.31. The lowest BCUT2D eigenvalue weighted by atomic mass is 10.1. The largest absolute Gasteiger partial charge is 0.496 e. The minimum absolute atomic E-state index is 0.239. The lowest BCUT2D eigenvalue weighted by molar-refractivity contribution is 0.412. The van der Waals surface area contributed by atoms with Gasteiger partial charge in [-0.15, -0.1) is 0 Å². The van der Waals surface area contributed by atoms with E-state index in [1.54, 1.807) is 13.2 Å². The molecular weight excluding hydrogens is 167 g/mol. The minimum Gasteiger partial charge on any atom is -0.496 e. The lowest BCUT2D eigenvalue weighted by Gasteiger charge is -2.08. The fourth-order valence-corrected chi connectivity index (χ4v) is 1.14. The summed E-state index contributed by atoms with van der Waals surface area (Å²) in [6.07, 6.45) is 1.93. The van der Waals surface area contributed by atoms with Crippen LogP contribution in [0.5, 0.6) is 5.75 Å². The highest BCUT2D eigenvalue weighted by atomic mass is 19.1. The molecule has 0 atom stereocenters. The molecule has 0 bridgehead atoms. The Morgan fingerprint density at radius 2 is 2.15 bits per heavy atom. The van der Waals surface area contributed by atoms with Gasteiger partial charge in [0, 0.05) is 5.56 Å².